The first-order chi connectivity index (χ1) is 11.9. The lowest BCUT2D eigenvalue weighted by Crippen LogP contribution is -2.23. The molecule has 142 valence electrons. The Labute approximate surface area is 163 Å². The molecule has 0 bridgehead atoms. The molecule has 0 spiro atoms. The Morgan fingerprint density at radius 3 is 2.12 bits per heavy atom. The molecule has 0 fully saturated rings. The van der Waals surface area contributed by atoms with Gasteiger partial charge in [0.05, 0.1) is 15.5 Å². The van der Waals surface area contributed by atoms with Gasteiger partial charge in [-0.2, -0.15) is 0 Å². The van der Waals surface area contributed by atoms with Crippen molar-refractivity contribution >= 4 is 41.7 Å². The van der Waals surface area contributed by atoms with E-state index in [-0.39, 0.29) is 15.5 Å². The second kappa shape index (κ2) is 7.30. The normalized spacial score (nSPS) is 12.4. The maximum Gasteiger partial charge on any atom is 0.262 e. The van der Waals surface area contributed by atoms with E-state index in [4.69, 9.17) is 0 Å². The van der Waals surface area contributed by atoms with E-state index in [1.807, 2.05) is 0 Å². The van der Waals surface area contributed by atoms with Crippen LogP contribution in [0.2, 0.25) is 0 Å². The zero-order valence-electron chi connectivity index (χ0n) is 15.2. The Hall–Kier alpha value is -1.42. The summed E-state index contributed by atoms with van der Waals surface area (Å²) >= 11 is 3.28. The summed E-state index contributed by atoms with van der Waals surface area (Å²) in [4.78, 5) is 0.166. The van der Waals surface area contributed by atoms with E-state index in [9.17, 15) is 16.8 Å². The van der Waals surface area contributed by atoms with Gasteiger partial charge >= 0.3 is 0 Å². The van der Waals surface area contributed by atoms with E-state index in [0.717, 1.165) is 4.31 Å². The van der Waals surface area contributed by atoms with Gasteiger partial charge in [-0.15, -0.1) is 0 Å². The van der Waals surface area contributed by atoms with Gasteiger partial charge in [0.1, 0.15) is 0 Å². The molecule has 0 amide bonds. The highest BCUT2D eigenvalue weighted by molar-refractivity contribution is 9.10. The van der Waals surface area contributed by atoms with Crippen molar-refractivity contribution in [1.29, 1.82) is 0 Å². The van der Waals surface area contributed by atoms with Crippen LogP contribution in [-0.2, 0) is 20.0 Å². The molecular formula is C17H21BrN2O4S2. The number of halogens is 1. The fourth-order valence-electron chi connectivity index (χ4n) is 2.36. The van der Waals surface area contributed by atoms with Crippen molar-refractivity contribution in [3.05, 3.63) is 51.5 Å². The topological polar surface area (TPSA) is 83.5 Å². The second-order valence-corrected chi connectivity index (χ2v) is 10.9. The zero-order chi connectivity index (χ0) is 19.9. The summed E-state index contributed by atoms with van der Waals surface area (Å²) in [5.74, 6) is 0. The zero-order valence-corrected chi connectivity index (χ0v) is 18.4. The van der Waals surface area contributed by atoms with E-state index in [1.54, 1.807) is 32.9 Å². The SMILES string of the molecule is Cc1ccc(Br)cc1S(=O)(=O)Nc1cc(S(=O)(=O)N(C)C)cc(C)c1C. The largest absolute Gasteiger partial charge is 0.279 e. The van der Waals surface area contributed by atoms with Crippen LogP contribution < -0.4 is 4.72 Å². The molecule has 6 nitrogen and oxygen atoms in total. The highest BCUT2D eigenvalue weighted by Gasteiger charge is 2.23. The molecule has 0 saturated carbocycles. The highest BCUT2D eigenvalue weighted by atomic mass is 79.9. The van der Waals surface area contributed by atoms with Crippen LogP contribution in [0.4, 0.5) is 5.69 Å². The molecule has 2 rings (SSSR count). The number of nitrogens with zero attached hydrogens (tertiary/aromatic N) is 1. The maximum absolute atomic E-state index is 12.8. The van der Waals surface area contributed by atoms with Crippen LogP contribution in [0.25, 0.3) is 0 Å². The number of hydrogen-bond acceptors (Lipinski definition) is 4. The third-order valence-electron chi connectivity index (χ3n) is 4.10. The van der Waals surface area contributed by atoms with Crippen molar-refractivity contribution in [2.75, 3.05) is 18.8 Å². The van der Waals surface area contributed by atoms with Gasteiger partial charge in [-0.3, -0.25) is 4.72 Å². The van der Waals surface area contributed by atoms with E-state index < -0.39 is 20.0 Å². The summed E-state index contributed by atoms with van der Waals surface area (Å²) in [6.07, 6.45) is 0. The minimum Gasteiger partial charge on any atom is -0.279 e. The first-order valence-corrected chi connectivity index (χ1v) is 11.4. The lowest BCUT2D eigenvalue weighted by Gasteiger charge is -2.17. The fraction of sp³-hybridized carbons (Fsp3) is 0.294. The molecule has 0 radical (unpaired) electrons. The third kappa shape index (κ3) is 4.11. The molecule has 0 saturated heterocycles. The van der Waals surface area contributed by atoms with E-state index in [1.165, 1.54) is 32.3 Å². The average Bonchev–Trinajstić information content (AvgIpc) is 2.53. The summed E-state index contributed by atoms with van der Waals surface area (Å²) < 4.78 is 54.8. The number of hydrogen-bond donors (Lipinski definition) is 1. The third-order valence-corrected chi connectivity index (χ3v) is 7.90. The number of anilines is 1. The van der Waals surface area contributed by atoms with Crippen LogP contribution >= 0.6 is 15.9 Å². The van der Waals surface area contributed by atoms with E-state index >= 15 is 0 Å². The summed E-state index contributed by atoms with van der Waals surface area (Å²) in [7, 11) is -4.70. The Kier molecular flexibility index (Phi) is 5.86. The van der Waals surface area contributed by atoms with Crippen LogP contribution in [0.5, 0.6) is 0 Å². The molecule has 0 aromatic heterocycles. The Balaban J connectivity index is 2.59. The van der Waals surface area contributed by atoms with Gasteiger partial charge in [0.15, 0.2) is 0 Å². The molecule has 26 heavy (non-hydrogen) atoms. The standard InChI is InChI=1S/C17H21BrN2O4S2/c1-11-6-7-14(18)9-17(11)25(21,22)19-16-10-15(8-12(2)13(16)3)26(23,24)20(4)5/h6-10,19H,1-5H3. The van der Waals surface area contributed by atoms with Crippen molar-refractivity contribution in [2.24, 2.45) is 0 Å². The summed E-state index contributed by atoms with van der Waals surface area (Å²) in [6, 6.07) is 7.85. The first kappa shape index (κ1) is 20.9. The van der Waals surface area contributed by atoms with Crippen LogP contribution in [0, 0.1) is 20.8 Å². The molecule has 2 aromatic rings. The second-order valence-electron chi connectivity index (χ2n) is 6.22. The molecule has 9 heteroatoms. The molecule has 0 atom stereocenters. The Bertz CT molecular complexity index is 1060. The number of benzene rings is 2. The van der Waals surface area contributed by atoms with Crippen LogP contribution in [0.3, 0.4) is 0 Å². The van der Waals surface area contributed by atoms with Crippen molar-refractivity contribution in [2.45, 2.75) is 30.6 Å². The number of rotatable bonds is 5. The highest BCUT2D eigenvalue weighted by Crippen LogP contribution is 2.29. The van der Waals surface area contributed by atoms with Crippen LogP contribution in [0.15, 0.2) is 44.6 Å². The van der Waals surface area contributed by atoms with E-state index in [2.05, 4.69) is 20.7 Å². The number of aryl methyl sites for hydroxylation is 2. The monoisotopic (exact) mass is 460 g/mol. The molecule has 0 heterocycles. The summed E-state index contributed by atoms with van der Waals surface area (Å²) in [5.41, 5.74) is 2.17. The average molecular weight is 461 g/mol. The first-order valence-electron chi connectivity index (χ1n) is 7.69. The van der Waals surface area contributed by atoms with Gasteiger partial charge in [-0.25, -0.2) is 21.1 Å². The lowest BCUT2D eigenvalue weighted by atomic mass is 10.1. The minimum atomic E-state index is -3.88. The van der Waals surface area contributed by atoms with Gasteiger partial charge < -0.3 is 0 Å². The predicted octanol–water partition coefficient (Wildman–Crippen LogP) is 3.43. The van der Waals surface area contributed by atoms with Gasteiger partial charge in [0.25, 0.3) is 10.0 Å². The van der Waals surface area contributed by atoms with Gasteiger partial charge in [0.2, 0.25) is 10.0 Å². The van der Waals surface area contributed by atoms with Crippen LogP contribution in [0.1, 0.15) is 16.7 Å². The van der Waals surface area contributed by atoms with Crippen molar-refractivity contribution in [3.8, 4) is 0 Å². The fourth-order valence-corrected chi connectivity index (χ4v) is 5.27. The quantitative estimate of drug-likeness (QED) is 0.740. The summed E-state index contributed by atoms with van der Waals surface area (Å²) in [5, 5.41) is 0. The van der Waals surface area contributed by atoms with Crippen molar-refractivity contribution < 1.29 is 16.8 Å². The molecule has 0 unspecified atom stereocenters. The molecule has 0 aliphatic heterocycles. The molecule has 2 aromatic carbocycles. The smallest absolute Gasteiger partial charge is 0.262 e. The number of nitrogens with one attached hydrogen (secondary N) is 1. The molecular weight excluding hydrogens is 440 g/mol. The van der Waals surface area contributed by atoms with E-state index in [0.29, 0.717) is 21.2 Å². The minimum absolute atomic E-state index is 0.0364. The van der Waals surface area contributed by atoms with Crippen molar-refractivity contribution in [1.82, 2.24) is 4.31 Å². The lowest BCUT2D eigenvalue weighted by molar-refractivity contribution is 0.520. The van der Waals surface area contributed by atoms with Gasteiger partial charge in [-0.05, 0) is 61.7 Å². The number of sulfonamides is 2. The predicted molar refractivity (Wildman–Crippen MR) is 106 cm³/mol. The molecule has 0 aliphatic carbocycles. The van der Waals surface area contributed by atoms with Gasteiger partial charge in [0, 0.05) is 18.6 Å². The Morgan fingerprint density at radius 2 is 1.54 bits per heavy atom. The maximum atomic E-state index is 12.8. The van der Waals surface area contributed by atoms with Crippen LogP contribution in [-0.4, -0.2) is 35.2 Å². The summed E-state index contributed by atoms with van der Waals surface area (Å²) in [6.45, 7) is 5.19. The van der Waals surface area contributed by atoms with Crippen molar-refractivity contribution in [3.63, 3.8) is 0 Å². The van der Waals surface area contributed by atoms with Gasteiger partial charge in [-0.1, -0.05) is 22.0 Å². The molecule has 0 aliphatic rings. The molecule has 1 N–H and O–H groups in total. The Morgan fingerprint density at radius 1 is 0.923 bits per heavy atom.